The molecule has 0 aromatic heterocycles. The monoisotopic (exact) mass is 233 g/mol. The van der Waals surface area contributed by atoms with Gasteiger partial charge < -0.3 is 14.8 Å². The van der Waals surface area contributed by atoms with Gasteiger partial charge in [0.15, 0.2) is 11.5 Å². The number of rotatable bonds is 5. The first kappa shape index (κ1) is 12.8. The third-order valence-electron chi connectivity index (χ3n) is 2.03. The van der Waals surface area contributed by atoms with Crippen molar-refractivity contribution in [3.63, 3.8) is 0 Å². The maximum Gasteiger partial charge on any atom is 0.248 e. The molecule has 0 radical (unpaired) electrons. The van der Waals surface area contributed by atoms with E-state index >= 15 is 0 Å². The van der Waals surface area contributed by atoms with Crippen LogP contribution in [0, 0.1) is 0 Å². The Balaban J connectivity index is 2.82. The van der Waals surface area contributed by atoms with Crippen molar-refractivity contribution >= 4 is 11.6 Å². The van der Waals surface area contributed by atoms with Crippen LogP contribution in [0.4, 0.5) is 5.69 Å². The van der Waals surface area contributed by atoms with Crippen molar-refractivity contribution in [3.8, 4) is 11.5 Å². The Morgan fingerprint density at radius 2 is 2.00 bits per heavy atom. The van der Waals surface area contributed by atoms with Gasteiger partial charge in [0.25, 0.3) is 0 Å². The summed E-state index contributed by atoms with van der Waals surface area (Å²) in [5.41, 5.74) is 0.640. The molecule has 1 N–H and O–H groups in total. The molecule has 4 nitrogen and oxygen atoms in total. The van der Waals surface area contributed by atoms with Gasteiger partial charge >= 0.3 is 0 Å². The number of allylic oxidation sites excluding steroid dienone is 2. The highest BCUT2D eigenvalue weighted by Gasteiger charge is 2.05. The smallest absolute Gasteiger partial charge is 0.248 e. The van der Waals surface area contributed by atoms with E-state index in [0.29, 0.717) is 17.2 Å². The van der Waals surface area contributed by atoms with Crippen molar-refractivity contribution in [2.24, 2.45) is 0 Å². The van der Waals surface area contributed by atoms with Gasteiger partial charge in [-0.15, -0.1) is 0 Å². The predicted molar refractivity (Wildman–Crippen MR) is 67.5 cm³/mol. The predicted octanol–water partition coefficient (Wildman–Crippen LogP) is 2.38. The number of anilines is 1. The summed E-state index contributed by atoms with van der Waals surface area (Å²) in [5, 5.41) is 2.69. The van der Waals surface area contributed by atoms with Crippen molar-refractivity contribution in [2.45, 2.75) is 0 Å². The number of hydrogen-bond donors (Lipinski definition) is 1. The van der Waals surface area contributed by atoms with Gasteiger partial charge in [0.2, 0.25) is 5.91 Å². The van der Waals surface area contributed by atoms with E-state index in [1.165, 1.54) is 12.2 Å². The molecule has 4 heteroatoms. The number of methoxy groups -OCH3 is 2. The summed E-state index contributed by atoms with van der Waals surface area (Å²) >= 11 is 0. The maximum atomic E-state index is 11.4. The lowest BCUT2D eigenvalue weighted by Crippen LogP contribution is -2.07. The summed E-state index contributed by atoms with van der Waals surface area (Å²) in [6.07, 6.45) is 4.49. The van der Waals surface area contributed by atoms with Gasteiger partial charge in [-0.1, -0.05) is 18.7 Å². The van der Waals surface area contributed by atoms with Crippen LogP contribution in [0.3, 0.4) is 0 Å². The molecule has 0 unspecified atom stereocenters. The highest BCUT2D eigenvalue weighted by atomic mass is 16.5. The number of amides is 1. The number of ether oxygens (including phenoxy) is 2. The van der Waals surface area contributed by atoms with Crippen LogP contribution in [-0.2, 0) is 4.79 Å². The molecule has 0 aliphatic carbocycles. The molecular weight excluding hydrogens is 218 g/mol. The van der Waals surface area contributed by atoms with E-state index in [1.807, 2.05) is 0 Å². The molecule has 0 fully saturated rings. The standard InChI is InChI=1S/C13H15NO3/c1-4-5-6-13(15)14-10-7-8-11(16-2)12(9-10)17-3/h4-9H,1H2,2-3H3,(H,14,15)/b6-5+. The van der Waals surface area contributed by atoms with Crippen LogP contribution < -0.4 is 14.8 Å². The Morgan fingerprint density at radius 1 is 1.29 bits per heavy atom. The maximum absolute atomic E-state index is 11.4. The summed E-state index contributed by atoms with van der Waals surface area (Å²) in [4.78, 5) is 11.4. The normalized spacial score (nSPS) is 10.0. The lowest BCUT2D eigenvalue weighted by Gasteiger charge is -2.09. The van der Waals surface area contributed by atoms with E-state index in [9.17, 15) is 4.79 Å². The van der Waals surface area contributed by atoms with Crippen molar-refractivity contribution in [1.29, 1.82) is 0 Å². The highest BCUT2D eigenvalue weighted by molar-refractivity contribution is 5.99. The Morgan fingerprint density at radius 3 is 2.59 bits per heavy atom. The number of carbonyl (C=O) groups excluding carboxylic acids is 1. The minimum absolute atomic E-state index is 0.225. The third-order valence-corrected chi connectivity index (χ3v) is 2.03. The first-order valence-electron chi connectivity index (χ1n) is 5.03. The molecule has 1 aromatic rings. The quantitative estimate of drug-likeness (QED) is 0.627. The fourth-order valence-corrected chi connectivity index (χ4v) is 1.25. The van der Waals surface area contributed by atoms with Gasteiger partial charge in [0.1, 0.15) is 0 Å². The first-order valence-corrected chi connectivity index (χ1v) is 5.03. The number of nitrogens with one attached hydrogen (secondary N) is 1. The zero-order chi connectivity index (χ0) is 12.7. The molecule has 1 rings (SSSR count). The Hall–Kier alpha value is -2.23. The van der Waals surface area contributed by atoms with Crippen molar-refractivity contribution in [1.82, 2.24) is 0 Å². The first-order chi connectivity index (χ1) is 8.21. The lowest BCUT2D eigenvalue weighted by atomic mass is 10.2. The molecule has 1 aromatic carbocycles. The fraction of sp³-hybridized carbons (Fsp3) is 0.154. The summed E-state index contributed by atoms with van der Waals surface area (Å²) < 4.78 is 10.2. The summed E-state index contributed by atoms with van der Waals surface area (Å²) in [6.45, 7) is 3.49. The number of hydrogen-bond acceptors (Lipinski definition) is 3. The molecular formula is C13H15NO3. The van der Waals surface area contributed by atoms with Crippen molar-refractivity contribution in [3.05, 3.63) is 43.0 Å². The fourth-order valence-electron chi connectivity index (χ4n) is 1.25. The second-order valence-corrected chi connectivity index (χ2v) is 3.15. The molecule has 0 aliphatic rings. The van der Waals surface area contributed by atoms with E-state index in [0.717, 1.165) is 0 Å². The van der Waals surface area contributed by atoms with Crippen LogP contribution >= 0.6 is 0 Å². The van der Waals surface area contributed by atoms with E-state index in [-0.39, 0.29) is 5.91 Å². The number of carbonyl (C=O) groups is 1. The van der Waals surface area contributed by atoms with Crippen LogP contribution in [0.15, 0.2) is 43.0 Å². The van der Waals surface area contributed by atoms with E-state index in [2.05, 4.69) is 11.9 Å². The number of benzene rings is 1. The highest BCUT2D eigenvalue weighted by Crippen LogP contribution is 2.29. The molecule has 0 atom stereocenters. The van der Waals surface area contributed by atoms with Crippen molar-refractivity contribution in [2.75, 3.05) is 19.5 Å². The van der Waals surface area contributed by atoms with Crippen LogP contribution in [0.1, 0.15) is 0 Å². The molecule has 0 aliphatic heterocycles. The molecule has 0 spiro atoms. The zero-order valence-corrected chi connectivity index (χ0v) is 9.90. The van der Waals surface area contributed by atoms with Gasteiger partial charge in [-0.3, -0.25) is 4.79 Å². The SMILES string of the molecule is C=C/C=C/C(=O)Nc1ccc(OC)c(OC)c1. The largest absolute Gasteiger partial charge is 0.493 e. The Bertz CT molecular complexity index is 438. The summed E-state index contributed by atoms with van der Waals surface area (Å²) in [7, 11) is 3.10. The molecule has 0 saturated carbocycles. The molecule has 17 heavy (non-hydrogen) atoms. The molecule has 1 amide bonds. The van der Waals surface area contributed by atoms with Gasteiger partial charge in [-0.05, 0) is 12.1 Å². The van der Waals surface area contributed by atoms with Crippen LogP contribution in [0.5, 0.6) is 11.5 Å². The lowest BCUT2D eigenvalue weighted by molar-refractivity contribution is -0.111. The third kappa shape index (κ3) is 3.68. The van der Waals surface area contributed by atoms with Crippen LogP contribution in [0.25, 0.3) is 0 Å². The van der Waals surface area contributed by atoms with Crippen molar-refractivity contribution < 1.29 is 14.3 Å². The zero-order valence-electron chi connectivity index (χ0n) is 9.90. The second kappa shape index (κ2) is 6.37. The van der Waals surface area contributed by atoms with Gasteiger partial charge in [-0.25, -0.2) is 0 Å². The van der Waals surface area contributed by atoms with Crippen LogP contribution in [0.2, 0.25) is 0 Å². The molecule has 0 bridgehead atoms. The van der Waals surface area contributed by atoms with Gasteiger partial charge in [0.05, 0.1) is 14.2 Å². The summed E-state index contributed by atoms with van der Waals surface area (Å²) in [5.74, 6) is 0.960. The van der Waals surface area contributed by atoms with E-state index in [4.69, 9.17) is 9.47 Å². The van der Waals surface area contributed by atoms with Gasteiger partial charge in [0, 0.05) is 17.8 Å². The Kier molecular flexibility index (Phi) is 4.81. The minimum atomic E-state index is -0.225. The molecule has 90 valence electrons. The summed E-state index contributed by atoms with van der Waals surface area (Å²) in [6, 6.07) is 5.16. The molecule has 0 heterocycles. The molecule has 0 saturated heterocycles. The second-order valence-electron chi connectivity index (χ2n) is 3.15. The average molecular weight is 233 g/mol. The van der Waals surface area contributed by atoms with E-state index < -0.39 is 0 Å². The average Bonchev–Trinajstić information content (AvgIpc) is 2.36. The minimum Gasteiger partial charge on any atom is -0.493 e. The Labute approximate surface area is 101 Å². The topological polar surface area (TPSA) is 47.6 Å². The van der Waals surface area contributed by atoms with E-state index in [1.54, 1.807) is 38.5 Å². The van der Waals surface area contributed by atoms with Crippen LogP contribution in [-0.4, -0.2) is 20.1 Å². The van der Waals surface area contributed by atoms with Gasteiger partial charge in [-0.2, -0.15) is 0 Å².